The highest BCUT2D eigenvalue weighted by Crippen LogP contribution is 2.21. The Morgan fingerprint density at radius 3 is 2.94 bits per heavy atom. The number of carboxylic acids is 1. The maximum absolute atomic E-state index is 11.1. The molecule has 2 rings (SSSR count). The van der Waals surface area contributed by atoms with E-state index < -0.39 is 5.97 Å². The molecule has 0 saturated carbocycles. The van der Waals surface area contributed by atoms with Crippen LogP contribution in [0.25, 0.3) is 0 Å². The van der Waals surface area contributed by atoms with Gasteiger partial charge in [-0.25, -0.2) is 4.79 Å². The monoisotopic (exact) mass is 227 g/mol. The third kappa shape index (κ3) is 2.11. The predicted octanol–water partition coefficient (Wildman–Crippen LogP) is -0.395. The quantitative estimate of drug-likeness (QED) is 0.610. The van der Waals surface area contributed by atoms with Crippen LogP contribution < -0.4 is 10.6 Å². The lowest BCUT2D eigenvalue weighted by molar-refractivity contribution is -0.137. The minimum Gasteiger partial charge on any atom is -0.481 e. The first-order chi connectivity index (χ1) is 7.58. The molecule has 90 valence electrons. The summed E-state index contributed by atoms with van der Waals surface area (Å²) in [6, 6.07) is 0.523. The molecule has 0 aromatic heterocycles. The van der Waals surface area contributed by atoms with Gasteiger partial charge in [0, 0.05) is 19.0 Å². The van der Waals surface area contributed by atoms with Crippen molar-refractivity contribution in [1.82, 2.24) is 15.5 Å². The van der Waals surface area contributed by atoms with Gasteiger partial charge in [-0.2, -0.15) is 0 Å². The lowest BCUT2D eigenvalue weighted by Gasteiger charge is -2.23. The number of hydrogen-bond acceptors (Lipinski definition) is 3. The van der Waals surface area contributed by atoms with Gasteiger partial charge in [0.2, 0.25) is 0 Å². The molecule has 0 unspecified atom stereocenters. The topological polar surface area (TPSA) is 81.7 Å². The maximum atomic E-state index is 11.1. The molecule has 0 spiro atoms. The zero-order valence-corrected chi connectivity index (χ0v) is 9.27. The molecule has 3 N–H and O–H groups in total. The predicted molar refractivity (Wildman–Crippen MR) is 57.1 cm³/mol. The van der Waals surface area contributed by atoms with E-state index in [1.165, 1.54) is 0 Å². The molecule has 0 aromatic carbocycles. The van der Waals surface area contributed by atoms with E-state index in [9.17, 15) is 9.59 Å². The van der Waals surface area contributed by atoms with Crippen molar-refractivity contribution < 1.29 is 14.7 Å². The summed E-state index contributed by atoms with van der Waals surface area (Å²) in [6.45, 7) is 3.65. The van der Waals surface area contributed by atoms with Crippen LogP contribution in [-0.2, 0) is 4.79 Å². The van der Waals surface area contributed by atoms with Crippen molar-refractivity contribution >= 4 is 12.0 Å². The van der Waals surface area contributed by atoms with Gasteiger partial charge in [0.1, 0.15) is 0 Å². The Hall–Kier alpha value is -1.30. The summed E-state index contributed by atoms with van der Waals surface area (Å²) >= 11 is 0. The van der Waals surface area contributed by atoms with Gasteiger partial charge < -0.3 is 15.7 Å². The van der Waals surface area contributed by atoms with E-state index in [1.807, 2.05) is 0 Å². The number of nitrogens with one attached hydrogen (secondary N) is 2. The molecule has 2 saturated heterocycles. The van der Waals surface area contributed by atoms with Crippen molar-refractivity contribution in [3.05, 3.63) is 0 Å². The second-order valence-corrected chi connectivity index (χ2v) is 4.48. The highest BCUT2D eigenvalue weighted by atomic mass is 16.4. The summed E-state index contributed by atoms with van der Waals surface area (Å²) in [7, 11) is 0. The zero-order chi connectivity index (χ0) is 11.7. The lowest BCUT2D eigenvalue weighted by atomic mass is 10.1. The summed E-state index contributed by atoms with van der Waals surface area (Å²) in [6.07, 6.45) is 0.866. The van der Waals surface area contributed by atoms with Gasteiger partial charge in [-0.15, -0.1) is 0 Å². The van der Waals surface area contributed by atoms with Crippen molar-refractivity contribution in [3.63, 3.8) is 0 Å². The molecular weight excluding hydrogens is 210 g/mol. The van der Waals surface area contributed by atoms with Gasteiger partial charge >= 0.3 is 12.0 Å². The molecule has 0 aromatic rings. The third-order valence-corrected chi connectivity index (χ3v) is 3.41. The van der Waals surface area contributed by atoms with Crippen LogP contribution >= 0.6 is 0 Å². The number of fused-ring (bicyclic) bond motifs is 1. The third-order valence-electron chi connectivity index (χ3n) is 3.41. The van der Waals surface area contributed by atoms with Crippen LogP contribution in [0.4, 0.5) is 4.79 Å². The van der Waals surface area contributed by atoms with Crippen LogP contribution in [-0.4, -0.2) is 53.2 Å². The van der Waals surface area contributed by atoms with E-state index >= 15 is 0 Å². The zero-order valence-electron chi connectivity index (χ0n) is 9.27. The number of carbonyl (C=O) groups is 2. The van der Waals surface area contributed by atoms with Crippen molar-refractivity contribution in [2.45, 2.75) is 37.9 Å². The molecule has 2 amide bonds. The molecule has 2 heterocycles. The largest absolute Gasteiger partial charge is 0.481 e. The Morgan fingerprint density at radius 2 is 2.31 bits per heavy atom. The summed E-state index contributed by atoms with van der Waals surface area (Å²) < 4.78 is 0. The number of rotatable bonds is 4. The summed E-state index contributed by atoms with van der Waals surface area (Å²) in [5, 5.41) is 14.3. The summed E-state index contributed by atoms with van der Waals surface area (Å²) in [5.74, 6) is -0.751. The van der Waals surface area contributed by atoms with Crippen LogP contribution in [0.15, 0.2) is 0 Å². The summed E-state index contributed by atoms with van der Waals surface area (Å²) in [4.78, 5) is 23.7. The summed E-state index contributed by atoms with van der Waals surface area (Å²) in [5.41, 5.74) is 0. The highest BCUT2D eigenvalue weighted by molar-refractivity contribution is 5.77. The molecular formula is C10H17N3O3. The van der Waals surface area contributed by atoms with E-state index in [0.717, 1.165) is 13.1 Å². The van der Waals surface area contributed by atoms with Crippen LogP contribution in [0.5, 0.6) is 0 Å². The van der Waals surface area contributed by atoms with Crippen LogP contribution in [0.3, 0.4) is 0 Å². The van der Waals surface area contributed by atoms with E-state index in [4.69, 9.17) is 5.11 Å². The number of carbonyl (C=O) groups excluding carboxylic acids is 1. The maximum Gasteiger partial charge on any atom is 0.315 e. The number of aliphatic carboxylic acids is 1. The fourth-order valence-corrected chi connectivity index (χ4v) is 2.54. The molecule has 0 aliphatic carbocycles. The number of likely N-dealkylation sites (tertiary alicyclic amines) is 1. The smallest absolute Gasteiger partial charge is 0.315 e. The minimum atomic E-state index is -0.751. The van der Waals surface area contributed by atoms with E-state index in [2.05, 4.69) is 22.5 Å². The molecule has 3 atom stereocenters. The number of amides is 2. The Labute approximate surface area is 94.0 Å². The fourth-order valence-electron chi connectivity index (χ4n) is 2.54. The standard InChI is InChI=1S/C10H17N3O3/c1-6-9-7(11-10(16)12-9)5-13(6)4-2-3-8(14)15/h6-7,9H,2-5H2,1H3,(H,14,15)(H2,11,12,16)/t6-,7-,9-/m1/s1. The van der Waals surface area contributed by atoms with Gasteiger partial charge in [-0.05, 0) is 19.9 Å². The van der Waals surface area contributed by atoms with Gasteiger partial charge in [0.05, 0.1) is 12.1 Å². The SMILES string of the molecule is C[C@@H]1[C@H]2NC(=O)N[C@@H]2CN1CCCC(=O)O. The number of nitrogens with zero attached hydrogens (tertiary/aromatic N) is 1. The fraction of sp³-hybridized carbons (Fsp3) is 0.800. The first-order valence-corrected chi connectivity index (χ1v) is 5.61. The average Bonchev–Trinajstić information content (AvgIpc) is 2.67. The first-order valence-electron chi connectivity index (χ1n) is 5.61. The van der Waals surface area contributed by atoms with Crippen molar-refractivity contribution in [2.75, 3.05) is 13.1 Å². The number of hydrogen-bond donors (Lipinski definition) is 3. The Balaban J connectivity index is 1.81. The number of carboxylic acid groups (broad SMARTS) is 1. The lowest BCUT2D eigenvalue weighted by Crippen LogP contribution is -2.41. The molecule has 2 fully saturated rings. The molecule has 6 heteroatoms. The molecule has 0 bridgehead atoms. The van der Waals surface area contributed by atoms with Crippen molar-refractivity contribution in [2.24, 2.45) is 0 Å². The van der Waals surface area contributed by atoms with E-state index in [-0.39, 0.29) is 30.6 Å². The molecule has 0 radical (unpaired) electrons. The van der Waals surface area contributed by atoms with Gasteiger partial charge in [-0.3, -0.25) is 9.69 Å². The Morgan fingerprint density at radius 1 is 1.56 bits per heavy atom. The van der Waals surface area contributed by atoms with Crippen LogP contribution in [0, 0.1) is 0 Å². The highest BCUT2D eigenvalue weighted by Gasteiger charge is 2.44. The van der Waals surface area contributed by atoms with Gasteiger partial charge in [0.25, 0.3) is 0 Å². The van der Waals surface area contributed by atoms with Crippen molar-refractivity contribution in [1.29, 1.82) is 0 Å². The van der Waals surface area contributed by atoms with E-state index in [1.54, 1.807) is 0 Å². The van der Waals surface area contributed by atoms with Gasteiger partial charge in [-0.1, -0.05) is 0 Å². The Kier molecular flexibility index (Phi) is 3.00. The van der Waals surface area contributed by atoms with Crippen LogP contribution in [0.1, 0.15) is 19.8 Å². The first kappa shape index (κ1) is 11.2. The molecule has 16 heavy (non-hydrogen) atoms. The van der Waals surface area contributed by atoms with E-state index in [0.29, 0.717) is 6.42 Å². The normalized spacial score (nSPS) is 33.3. The Bertz CT molecular complexity index is 308. The average molecular weight is 227 g/mol. The van der Waals surface area contributed by atoms with Crippen LogP contribution in [0.2, 0.25) is 0 Å². The second kappa shape index (κ2) is 4.29. The van der Waals surface area contributed by atoms with Gasteiger partial charge in [0.15, 0.2) is 0 Å². The minimum absolute atomic E-state index is 0.0907. The molecule has 6 nitrogen and oxygen atoms in total. The second-order valence-electron chi connectivity index (χ2n) is 4.48. The molecule has 2 aliphatic heterocycles. The number of urea groups is 1. The molecule has 2 aliphatic rings. The van der Waals surface area contributed by atoms with Crippen molar-refractivity contribution in [3.8, 4) is 0 Å².